The highest BCUT2D eigenvalue weighted by Gasteiger charge is 2.19. The molecule has 1 heterocycles. The van der Waals surface area contributed by atoms with Crippen LogP contribution in [-0.2, 0) is 10.0 Å². The molecular formula is C15H12N2O4S2. The molecule has 0 saturated heterocycles. The molecule has 0 fully saturated rings. The molecule has 2 aromatic rings. The van der Waals surface area contributed by atoms with Crippen LogP contribution in [0.1, 0.15) is 0 Å². The molecule has 118 valence electrons. The van der Waals surface area contributed by atoms with Gasteiger partial charge in [-0.05, 0) is 48.2 Å². The summed E-state index contributed by atoms with van der Waals surface area (Å²) in [6.07, 6.45) is 0. The average molecular weight is 348 g/mol. The zero-order valence-electron chi connectivity index (χ0n) is 11.9. The smallest absolute Gasteiger partial charge is 0.262 e. The largest absolute Gasteiger partial charge is 0.486 e. The van der Waals surface area contributed by atoms with Gasteiger partial charge in [-0.3, -0.25) is 4.72 Å². The van der Waals surface area contributed by atoms with Gasteiger partial charge < -0.3 is 9.47 Å². The Morgan fingerprint density at radius 3 is 2.43 bits per heavy atom. The predicted octanol–water partition coefficient (Wildman–Crippen LogP) is 2.83. The standard InChI is InChI=1S/C15H12N2O4S2/c16-10-22-12-3-1-11(2-4-12)17-23(18,19)13-5-6-14-15(9-13)21-8-7-20-14/h1-6,9,17H,7-8H2. The van der Waals surface area contributed by atoms with Crippen molar-refractivity contribution in [2.75, 3.05) is 17.9 Å². The van der Waals surface area contributed by atoms with Crippen LogP contribution in [0.2, 0.25) is 0 Å². The van der Waals surface area contributed by atoms with Crippen LogP contribution in [0.25, 0.3) is 0 Å². The third kappa shape index (κ3) is 3.52. The first kappa shape index (κ1) is 15.5. The van der Waals surface area contributed by atoms with E-state index in [9.17, 15) is 8.42 Å². The van der Waals surface area contributed by atoms with Crippen LogP contribution in [0.5, 0.6) is 11.5 Å². The number of nitrogens with one attached hydrogen (secondary N) is 1. The second-order valence-corrected chi connectivity index (χ2v) is 7.17. The Balaban J connectivity index is 1.82. The van der Waals surface area contributed by atoms with Gasteiger partial charge in [0, 0.05) is 16.6 Å². The number of hydrogen-bond acceptors (Lipinski definition) is 6. The van der Waals surface area contributed by atoms with Gasteiger partial charge in [-0.1, -0.05) is 0 Å². The number of nitriles is 1. The number of fused-ring (bicyclic) bond motifs is 1. The summed E-state index contributed by atoms with van der Waals surface area (Å²) < 4.78 is 38.1. The van der Waals surface area contributed by atoms with Gasteiger partial charge in [-0.25, -0.2) is 8.42 Å². The minimum atomic E-state index is -3.73. The molecule has 0 bridgehead atoms. The Hall–Kier alpha value is -2.37. The Bertz CT molecular complexity index is 858. The van der Waals surface area contributed by atoms with Crippen molar-refractivity contribution in [1.29, 1.82) is 5.26 Å². The maximum Gasteiger partial charge on any atom is 0.262 e. The molecule has 0 atom stereocenters. The quantitative estimate of drug-likeness (QED) is 0.675. The number of ether oxygens (including phenoxy) is 2. The fourth-order valence-corrected chi connectivity index (χ4v) is 3.50. The van der Waals surface area contributed by atoms with Crippen LogP contribution in [-0.4, -0.2) is 21.6 Å². The molecule has 8 heteroatoms. The topological polar surface area (TPSA) is 88.4 Å². The van der Waals surface area contributed by atoms with E-state index in [0.717, 1.165) is 16.7 Å². The molecule has 0 aliphatic carbocycles. The van der Waals surface area contributed by atoms with Gasteiger partial charge in [0.1, 0.15) is 18.6 Å². The van der Waals surface area contributed by atoms with Gasteiger partial charge in [-0.2, -0.15) is 5.26 Å². The molecule has 0 spiro atoms. The van der Waals surface area contributed by atoms with E-state index < -0.39 is 10.0 Å². The first-order valence-corrected chi connectivity index (χ1v) is 8.97. The number of benzene rings is 2. The van der Waals surface area contributed by atoms with Crippen molar-refractivity contribution in [2.24, 2.45) is 0 Å². The van der Waals surface area contributed by atoms with Crippen molar-refractivity contribution in [2.45, 2.75) is 9.79 Å². The Labute approximate surface area is 138 Å². The fraction of sp³-hybridized carbons (Fsp3) is 0.133. The molecule has 1 aliphatic heterocycles. The molecule has 3 rings (SSSR count). The zero-order valence-corrected chi connectivity index (χ0v) is 13.5. The summed E-state index contributed by atoms with van der Waals surface area (Å²) in [5, 5.41) is 10.6. The maximum absolute atomic E-state index is 12.4. The van der Waals surface area contributed by atoms with Crippen molar-refractivity contribution >= 4 is 27.5 Å². The van der Waals surface area contributed by atoms with Crippen LogP contribution < -0.4 is 14.2 Å². The fourth-order valence-electron chi connectivity index (χ4n) is 2.05. The van der Waals surface area contributed by atoms with E-state index >= 15 is 0 Å². The third-order valence-electron chi connectivity index (χ3n) is 3.09. The first-order chi connectivity index (χ1) is 11.1. The summed E-state index contributed by atoms with van der Waals surface area (Å²) in [7, 11) is -3.73. The second-order valence-electron chi connectivity index (χ2n) is 4.63. The highest BCUT2D eigenvalue weighted by molar-refractivity contribution is 8.03. The molecule has 0 amide bonds. The van der Waals surface area contributed by atoms with E-state index in [1.165, 1.54) is 12.1 Å². The van der Waals surface area contributed by atoms with Gasteiger partial charge in [0.05, 0.1) is 4.90 Å². The molecule has 0 aromatic heterocycles. The number of nitrogens with zero attached hydrogens (tertiary/aromatic N) is 1. The molecule has 2 aromatic carbocycles. The minimum Gasteiger partial charge on any atom is -0.486 e. The number of sulfonamides is 1. The number of anilines is 1. The van der Waals surface area contributed by atoms with Crippen LogP contribution in [0.15, 0.2) is 52.3 Å². The van der Waals surface area contributed by atoms with E-state index in [1.54, 1.807) is 30.3 Å². The van der Waals surface area contributed by atoms with Crippen molar-refractivity contribution in [1.82, 2.24) is 0 Å². The Morgan fingerprint density at radius 2 is 1.74 bits per heavy atom. The normalized spacial score (nSPS) is 13.2. The SMILES string of the molecule is N#CSc1ccc(NS(=O)(=O)c2ccc3c(c2)OCCO3)cc1. The molecule has 0 radical (unpaired) electrons. The van der Waals surface area contributed by atoms with Crippen molar-refractivity contribution in [3.8, 4) is 16.9 Å². The molecule has 1 N–H and O–H groups in total. The lowest BCUT2D eigenvalue weighted by Gasteiger charge is -2.19. The third-order valence-corrected chi connectivity index (χ3v) is 5.07. The Kier molecular flexibility index (Phi) is 4.32. The molecular weight excluding hydrogens is 336 g/mol. The summed E-state index contributed by atoms with van der Waals surface area (Å²) in [4.78, 5) is 0.840. The van der Waals surface area contributed by atoms with Crippen LogP contribution in [0.4, 0.5) is 5.69 Å². The molecule has 23 heavy (non-hydrogen) atoms. The summed E-state index contributed by atoms with van der Waals surface area (Å²) in [5.74, 6) is 0.952. The van der Waals surface area contributed by atoms with E-state index in [0.29, 0.717) is 30.4 Å². The lowest BCUT2D eigenvalue weighted by molar-refractivity contribution is 0.171. The van der Waals surface area contributed by atoms with Gasteiger partial charge in [-0.15, -0.1) is 0 Å². The van der Waals surface area contributed by atoms with E-state index in [1.807, 2.05) is 5.40 Å². The second kappa shape index (κ2) is 6.40. The van der Waals surface area contributed by atoms with Gasteiger partial charge >= 0.3 is 0 Å². The van der Waals surface area contributed by atoms with Crippen LogP contribution in [0, 0.1) is 10.7 Å². The van der Waals surface area contributed by atoms with E-state index in [4.69, 9.17) is 14.7 Å². The first-order valence-electron chi connectivity index (χ1n) is 6.67. The lowest BCUT2D eigenvalue weighted by atomic mass is 10.3. The number of thioether (sulfide) groups is 1. The minimum absolute atomic E-state index is 0.0947. The summed E-state index contributed by atoms with van der Waals surface area (Å²) in [6, 6.07) is 11.1. The summed E-state index contributed by atoms with van der Waals surface area (Å²) in [6.45, 7) is 0.840. The monoisotopic (exact) mass is 348 g/mol. The number of rotatable bonds is 4. The van der Waals surface area contributed by atoms with Gasteiger partial charge in [0.25, 0.3) is 10.0 Å². The summed E-state index contributed by atoms with van der Waals surface area (Å²) >= 11 is 1.01. The van der Waals surface area contributed by atoms with Gasteiger partial charge in [0.15, 0.2) is 11.5 Å². The molecule has 6 nitrogen and oxygen atoms in total. The summed E-state index contributed by atoms with van der Waals surface area (Å²) in [5.41, 5.74) is 0.419. The number of hydrogen-bond donors (Lipinski definition) is 1. The van der Waals surface area contributed by atoms with Crippen LogP contribution in [0.3, 0.4) is 0 Å². The van der Waals surface area contributed by atoms with E-state index in [-0.39, 0.29) is 4.90 Å². The average Bonchev–Trinajstić information content (AvgIpc) is 2.56. The zero-order chi connectivity index (χ0) is 16.3. The van der Waals surface area contributed by atoms with E-state index in [2.05, 4.69) is 4.72 Å². The highest BCUT2D eigenvalue weighted by atomic mass is 32.2. The Morgan fingerprint density at radius 1 is 1.04 bits per heavy atom. The molecule has 1 aliphatic rings. The van der Waals surface area contributed by atoms with Crippen LogP contribution >= 0.6 is 11.8 Å². The maximum atomic E-state index is 12.4. The molecule has 0 saturated carbocycles. The number of thiocyanates is 1. The highest BCUT2D eigenvalue weighted by Crippen LogP contribution is 2.32. The van der Waals surface area contributed by atoms with Crippen molar-refractivity contribution in [3.05, 3.63) is 42.5 Å². The lowest BCUT2D eigenvalue weighted by Crippen LogP contribution is -2.17. The molecule has 0 unspecified atom stereocenters. The van der Waals surface area contributed by atoms with Gasteiger partial charge in [0.2, 0.25) is 0 Å². The predicted molar refractivity (Wildman–Crippen MR) is 86.2 cm³/mol. The van der Waals surface area contributed by atoms with Crippen molar-refractivity contribution in [3.63, 3.8) is 0 Å². The van der Waals surface area contributed by atoms with Crippen molar-refractivity contribution < 1.29 is 17.9 Å².